The minimum Gasteiger partial charge on any atom is -0.313 e. The lowest BCUT2D eigenvalue weighted by Gasteiger charge is -2.44. The third-order valence-corrected chi connectivity index (χ3v) is 6.70. The van der Waals surface area contributed by atoms with Gasteiger partial charge in [0.25, 0.3) is 0 Å². The van der Waals surface area contributed by atoms with E-state index in [2.05, 4.69) is 35.8 Å². The van der Waals surface area contributed by atoms with E-state index in [1.54, 1.807) is 0 Å². The van der Waals surface area contributed by atoms with E-state index in [1.165, 1.54) is 70.5 Å². The van der Waals surface area contributed by atoms with Crippen LogP contribution in [0.1, 0.15) is 52.4 Å². The Morgan fingerprint density at radius 1 is 1.15 bits per heavy atom. The summed E-state index contributed by atoms with van der Waals surface area (Å²) in [4.78, 5) is 2.77. The van der Waals surface area contributed by atoms with Gasteiger partial charge in [0.2, 0.25) is 0 Å². The van der Waals surface area contributed by atoms with E-state index < -0.39 is 0 Å². The smallest absolute Gasteiger partial charge is 0.0147 e. The van der Waals surface area contributed by atoms with Crippen LogP contribution in [0.5, 0.6) is 0 Å². The second kappa shape index (κ2) is 6.58. The third kappa shape index (κ3) is 4.14. The molecule has 0 spiro atoms. The van der Waals surface area contributed by atoms with Crippen LogP contribution < -0.4 is 5.32 Å². The molecule has 1 saturated heterocycles. The zero-order valence-corrected chi connectivity index (χ0v) is 14.2. The van der Waals surface area contributed by atoms with E-state index >= 15 is 0 Å². The van der Waals surface area contributed by atoms with Gasteiger partial charge in [-0.05, 0) is 37.0 Å². The van der Waals surface area contributed by atoms with Crippen molar-refractivity contribution < 1.29 is 0 Å². The molecule has 3 heteroatoms. The van der Waals surface area contributed by atoms with Crippen LogP contribution in [0.2, 0.25) is 0 Å². The number of nitrogens with one attached hydrogen (secondary N) is 1. The van der Waals surface area contributed by atoms with Gasteiger partial charge in [0.15, 0.2) is 0 Å². The fourth-order valence-electron chi connectivity index (χ4n) is 3.92. The SMILES string of the molecule is CC1CCC(CNC2CC2)(CN2CCSC(C)C2)CC1. The summed E-state index contributed by atoms with van der Waals surface area (Å²) in [6.07, 6.45) is 8.64. The van der Waals surface area contributed by atoms with Gasteiger partial charge in [0.05, 0.1) is 0 Å². The molecule has 3 rings (SSSR count). The molecule has 2 saturated carbocycles. The van der Waals surface area contributed by atoms with Crippen molar-refractivity contribution in [1.82, 2.24) is 10.2 Å². The van der Waals surface area contributed by atoms with Gasteiger partial charge in [-0.1, -0.05) is 26.7 Å². The van der Waals surface area contributed by atoms with Gasteiger partial charge in [0.1, 0.15) is 0 Å². The predicted octanol–water partition coefficient (Wildman–Crippen LogP) is 3.37. The summed E-state index contributed by atoms with van der Waals surface area (Å²) in [5.41, 5.74) is 0.580. The molecule has 1 N–H and O–H groups in total. The Hall–Kier alpha value is 0.270. The van der Waals surface area contributed by atoms with E-state index in [1.807, 2.05) is 0 Å². The second-order valence-corrected chi connectivity index (χ2v) is 9.30. The normalized spacial score (nSPS) is 39.9. The molecule has 20 heavy (non-hydrogen) atoms. The Morgan fingerprint density at radius 2 is 1.90 bits per heavy atom. The molecule has 3 fully saturated rings. The molecule has 0 aromatic heterocycles. The molecule has 2 nitrogen and oxygen atoms in total. The molecule has 1 heterocycles. The van der Waals surface area contributed by atoms with E-state index in [9.17, 15) is 0 Å². The number of rotatable bonds is 5. The van der Waals surface area contributed by atoms with Crippen molar-refractivity contribution in [3.63, 3.8) is 0 Å². The van der Waals surface area contributed by atoms with Crippen molar-refractivity contribution in [2.24, 2.45) is 11.3 Å². The number of nitrogens with zero attached hydrogens (tertiary/aromatic N) is 1. The fraction of sp³-hybridized carbons (Fsp3) is 1.00. The zero-order chi connectivity index (χ0) is 14.0. The summed E-state index contributed by atoms with van der Waals surface area (Å²) in [5, 5.41) is 4.68. The highest BCUT2D eigenvalue weighted by Gasteiger charge is 2.37. The standard InChI is InChI=1S/C17H32N2S/c1-14-5-7-17(8-6-14,12-18-16-3-4-16)13-19-9-10-20-15(2)11-19/h14-16,18H,3-13H2,1-2H3. The molecule has 116 valence electrons. The van der Waals surface area contributed by atoms with E-state index in [0.29, 0.717) is 5.41 Å². The maximum absolute atomic E-state index is 3.85. The summed E-state index contributed by atoms with van der Waals surface area (Å²) < 4.78 is 0. The Labute approximate surface area is 129 Å². The molecule has 3 aliphatic rings. The second-order valence-electron chi connectivity index (χ2n) is 7.75. The van der Waals surface area contributed by atoms with Crippen molar-refractivity contribution in [3.05, 3.63) is 0 Å². The van der Waals surface area contributed by atoms with Gasteiger partial charge in [-0.15, -0.1) is 0 Å². The monoisotopic (exact) mass is 296 g/mol. The third-order valence-electron chi connectivity index (χ3n) is 5.56. The molecular formula is C17H32N2S. The molecule has 0 aromatic rings. The molecule has 0 amide bonds. The van der Waals surface area contributed by atoms with Crippen molar-refractivity contribution in [2.75, 3.05) is 31.9 Å². The van der Waals surface area contributed by atoms with Crippen molar-refractivity contribution in [1.29, 1.82) is 0 Å². The van der Waals surface area contributed by atoms with Crippen molar-refractivity contribution in [2.45, 2.75) is 63.7 Å². The first-order valence-corrected chi connectivity index (χ1v) is 9.77. The molecule has 0 radical (unpaired) electrons. The first-order chi connectivity index (χ1) is 9.65. The zero-order valence-electron chi connectivity index (χ0n) is 13.4. The van der Waals surface area contributed by atoms with Crippen LogP contribution in [0.3, 0.4) is 0 Å². The van der Waals surface area contributed by atoms with Crippen LogP contribution in [0.4, 0.5) is 0 Å². The highest BCUT2D eigenvalue weighted by atomic mass is 32.2. The van der Waals surface area contributed by atoms with Gasteiger partial charge in [0, 0.05) is 43.2 Å². The molecular weight excluding hydrogens is 264 g/mol. The summed E-state index contributed by atoms with van der Waals surface area (Å²) >= 11 is 2.15. The van der Waals surface area contributed by atoms with E-state index in [-0.39, 0.29) is 0 Å². The number of hydrogen-bond donors (Lipinski definition) is 1. The molecule has 2 aliphatic carbocycles. The lowest BCUT2D eigenvalue weighted by Crippen LogP contribution is -2.49. The summed E-state index contributed by atoms with van der Waals surface area (Å²) in [6, 6.07) is 0.863. The molecule has 1 atom stereocenters. The molecule has 0 bridgehead atoms. The minimum absolute atomic E-state index is 0.580. The van der Waals surface area contributed by atoms with Gasteiger partial charge in [-0.25, -0.2) is 0 Å². The van der Waals surface area contributed by atoms with E-state index in [0.717, 1.165) is 17.2 Å². The van der Waals surface area contributed by atoms with Crippen LogP contribution >= 0.6 is 11.8 Å². The molecule has 1 aliphatic heterocycles. The minimum atomic E-state index is 0.580. The lowest BCUT2D eigenvalue weighted by molar-refractivity contribution is 0.0881. The quantitative estimate of drug-likeness (QED) is 0.837. The largest absolute Gasteiger partial charge is 0.313 e. The lowest BCUT2D eigenvalue weighted by atomic mass is 9.70. The Bertz CT molecular complexity index is 308. The maximum atomic E-state index is 3.85. The number of hydrogen-bond acceptors (Lipinski definition) is 3. The van der Waals surface area contributed by atoms with Gasteiger partial charge >= 0.3 is 0 Å². The highest BCUT2D eigenvalue weighted by molar-refractivity contribution is 7.99. The Balaban J connectivity index is 1.58. The highest BCUT2D eigenvalue weighted by Crippen LogP contribution is 2.40. The summed E-state index contributed by atoms with van der Waals surface area (Å²) in [5.74, 6) is 2.30. The Kier molecular flexibility index (Phi) is 4.99. The first kappa shape index (κ1) is 15.2. The van der Waals surface area contributed by atoms with Crippen LogP contribution in [-0.2, 0) is 0 Å². The van der Waals surface area contributed by atoms with Crippen LogP contribution in [0, 0.1) is 11.3 Å². The van der Waals surface area contributed by atoms with Gasteiger partial charge in [-0.2, -0.15) is 11.8 Å². The predicted molar refractivity (Wildman–Crippen MR) is 89.4 cm³/mol. The van der Waals surface area contributed by atoms with Crippen LogP contribution in [0.15, 0.2) is 0 Å². The first-order valence-electron chi connectivity index (χ1n) is 8.73. The summed E-state index contributed by atoms with van der Waals surface area (Å²) in [7, 11) is 0. The van der Waals surface area contributed by atoms with Crippen LogP contribution in [0.25, 0.3) is 0 Å². The van der Waals surface area contributed by atoms with Crippen LogP contribution in [-0.4, -0.2) is 48.1 Å². The maximum Gasteiger partial charge on any atom is 0.0147 e. The van der Waals surface area contributed by atoms with Crippen molar-refractivity contribution in [3.8, 4) is 0 Å². The average molecular weight is 297 g/mol. The van der Waals surface area contributed by atoms with Gasteiger partial charge in [-0.3, -0.25) is 0 Å². The van der Waals surface area contributed by atoms with Crippen molar-refractivity contribution >= 4 is 11.8 Å². The average Bonchev–Trinajstić information content (AvgIpc) is 3.24. The molecule has 0 aromatic carbocycles. The molecule has 1 unspecified atom stereocenters. The Morgan fingerprint density at radius 3 is 2.55 bits per heavy atom. The summed E-state index contributed by atoms with van der Waals surface area (Å²) in [6.45, 7) is 10.1. The fourth-order valence-corrected chi connectivity index (χ4v) is 5.00. The topological polar surface area (TPSA) is 15.3 Å². The van der Waals surface area contributed by atoms with Gasteiger partial charge < -0.3 is 10.2 Å². The van der Waals surface area contributed by atoms with E-state index in [4.69, 9.17) is 0 Å². The number of thioether (sulfide) groups is 1.